The minimum atomic E-state index is -1.19. The molecule has 0 fully saturated rings. The van der Waals surface area contributed by atoms with E-state index in [0.29, 0.717) is 16.8 Å². The van der Waals surface area contributed by atoms with Gasteiger partial charge in [-0.05, 0) is 0 Å². The Morgan fingerprint density at radius 2 is 2.29 bits per heavy atom. The number of nitro benzene ring substituents is 1. The van der Waals surface area contributed by atoms with Crippen molar-refractivity contribution in [3.8, 4) is 0 Å². The number of benzene rings is 1. The summed E-state index contributed by atoms with van der Waals surface area (Å²) < 4.78 is 13.1. The number of nitro groups is 1. The van der Waals surface area contributed by atoms with Crippen molar-refractivity contribution in [3.05, 3.63) is 28.1 Å². The van der Waals surface area contributed by atoms with Crippen molar-refractivity contribution >= 4 is 29.0 Å². The van der Waals surface area contributed by atoms with E-state index in [-0.39, 0.29) is 10.6 Å². The third-order valence-electron chi connectivity index (χ3n) is 2.15. The monoisotopic (exact) mass is 259 g/mol. The molecule has 17 heavy (non-hydrogen) atoms. The first-order valence-electron chi connectivity index (χ1n) is 4.34. The van der Waals surface area contributed by atoms with Gasteiger partial charge in [0.2, 0.25) is 0 Å². The van der Waals surface area contributed by atoms with Gasteiger partial charge in [0.15, 0.2) is 5.37 Å². The Bertz CT molecular complexity index is 524. The Morgan fingerprint density at radius 3 is 2.82 bits per heavy atom. The fourth-order valence-corrected chi connectivity index (χ4v) is 2.54. The molecule has 0 bridgehead atoms. The van der Waals surface area contributed by atoms with E-state index >= 15 is 0 Å². The van der Waals surface area contributed by atoms with E-state index in [4.69, 9.17) is 5.73 Å². The molecule has 1 atom stereocenters. The highest BCUT2D eigenvalue weighted by molar-refractivity contribution is 8.01. The Morgan fingerprint density at radius 1 is 1.65 bits per heavy atom. The minimum Gasteiger partial charge on any atom is -0.367 e. The molecule has 3 N–H and O–H groups in total. The first kappa shape index (κ1) is 11.6. The van der Waals surface area contributed by atoms with Crippen molar-refractivity contribution in [1.29, 1.82) is 0 Å². The van der Waals surface area contributed by atoms with Crippen LogP contribution in [0.3, 0.4) is 0 Å². The number of hydrogen-bond donors (Lipinski definition) is 2. The summed E-state index contributed by atoms with van der Waals surface area (Å²) in [6.07, 6.45) is 0. The predicted octanol–water partition coefficient (Wildman–Crippen LogP) is 0.847. The van der Waals surface area contributed by atoms with Crippen LogP contribution in [-0.4, -0.2) is 21.4 Å². The highest BCUT2D eigenvalue weighted by Crippen LogP contribution is 2.47. The molecule has 1 aromatic rings. The zero-order chi connectivity index (χ0) is 12.7. The summed E-state index contributed by atoms with van der Waals surface area (Å²) in [6.45, 7) is 0. The van der Waals surface area contributed by atoms with Crippen molar-refractivity contribution in [3.63, 3.8) is 0 Å². The van der Waals surface area contributed by atoms with Gasteiger partial charge >= 0.3 is 0 Å². The normalized spacial score (nSPS) is 18.0. The summed E-state index contributed by atoms with van der Waals surface area (Å²) in [7, 11) is 0. The average molecular weight is 259 g/mol. The van der Waals surface area contributed by atoms with Crippen LogP contribution in [0.1, 0.15) is 0 Å². The second kappa shape index (κ2) is 3.86. The SMILES string of the molecule is NC(=O)C1Sc2c(cc(F)cc2[N+](=O)[O-])N1O. The van der Waals surface area contributed by atoms with Gasteiger partial charge in [0.05, 0.1) is 16.7 Å². The van der Waals surface area contributed by atoms with Crippen molar-refractivity contribution in [2.45, 2.75) is 10.3 Å². The molecule has 1 aromatic carbocycles. The molecular weight excluding hydrogens is 253 g/mol. The van der Waals surface area contributed by atoms with Crippen LogP contribution in [0, 0.1) is 15.9 Å². The number of halogens is 1. The maximum atomic E-state index is 13.1. The maximum absolute atomic E-state index is 13.1. The molecule has 2 rings (SSSR count). The van der Waals surface area contributed by atoms with Gasteiger partial charge in [-0.3, -0.25) is 20.1 Å². The highest BCUT2D eigenvalue weighted by atomic mass is 32.2. The molecule has 0 spiro atoms. The molecule has 1 amide bonds. The van der Waals surface area contributed by atoms with Crippen LogP contribution in [0.5, 0.6) is 0 Å². The molecule has 9 heteroatoms. The largest absolute Gasteiger partial charge is 0.367 e. The van der Waals surface area contributed by atoms with Gasteiger partial charge in [0, 0.05) is 6.07 Å². The summed E-state index contributed by atoms with van der Waals surface area (Å²) in [6, 6.07) is 1.63. The van der Waals surface area contributed by atoms with Crippen LogP contribution in [0.25, 0.3) is 0 Å². The number of amides is 1. The number of thioether (sulfide) groups is 1. The van der Waals surface area contributed by atoms with Crippen molar-refractivity contribution in [2.75, 3.05) is 5.06 Å². The Kier molecular flexibility index (Phi) is 2.63. The van der Waals surface area contributed by atoms with E-state index in [1.54, 1.807) is 0 Å². The third kappa shape index (κ3) is 1.78. The maximum Gasteiger partial charge on any atom is 0.288 e. The van der Waals surface area contributed by atoms with Crippen LogP contribution >= 0.6 is 11.8 Å². The molecule has 0 aromatic heterocycles. The minimum absolute atomic E-state index is 0.0164. The lowest BCUT2D eigenvalue weighted by molar-refractivity contribution is -0.387. The molecule has 1 aliphatic rings. The van der Waals surface area contributed by atoms with E-state index in [1.807, 2.05) is 0 Å². The smallest absolute Gasteiger partial charge is 0.288 e. The van der Waals surface area contributed by atoms with Gasteiger partial charge in [-0.25, -0.2) is 9.45 Å². The fourth-order valence-electron chi connectivity index (χ4n) is 1.46. The van der Waals surface area contributed by atoms with E-state index in [0.717, 1.165) is 12.1 Å². The summed E-state index contributed by atoms with van der Waals surface area (Å²) in [5.41, 5.74) is 4.37. The number of carbonyl (C=O) groups is 1. The van der Waals surface area contributed by atoms with Crippen LogP contribution < -0.4 is 10.8 Å². The number of rotatable bonds is 2. The lowest BCUT2D eigenvalue weighted by atomic mass is 10.2. The molecule has 1 unspecified atom stereocenters. The number of primary amides is 1. The van der Waals surface area contributed by atoms with Gasteiger partial charge in [-0.1, -0.05) is 11.8 Å². The number of nitrogens with zero attached hydrogens (tertiary/aromatic N) is 2. The predicted molar refractivity (Wildman–Crippen MR) is 56.2 cm³/mol. The van der Waals surface area contributed by atoms with Gasteiger partial charge in [-0.2, -0.15) is 0 Å². The fraction of sp³-hybridized carbons (Fsp3) is 0.125. The third-order valence-corrected chi connectivity index (χ3v) is 3.46. The van der Waals surface area contributed by atoms with Crippen molar-refractivity contribution in [1.82, 2.24) is 0 Å². The molecule has 0 aliphatic carbocycles. The van der Waals surface area contributed by atoms with E-state index in [2.05, 4.69) is 0 Å². The van der Waals surface area contributed by atoms with Gasteiger partial charge in [0.1, 0.15) is 10.7 Å². The molecule has 7 nitrogen and oxygen atoms in total. The van der Waals surface area contributed by atoms with Crippen LogP contribution in [0.4, 0.5) is 15.8 Å². The van der Waals surface area contributed by atoms with Crippen LogP contribution in [0.2, 0.25) is 0 Å². The van der Waals surface area contributed by atoms with Gasteiger partial charge in [-0.15, -0.1) is 0 Å². The average Bonchev–Trinajstić information content (AvgIpc) is 2.55. The summed E-state index contributed by atoms with van der Waals surface area (Å²) in [5, 5.41) is 19.5. The number of nitrogens with two attached hydrogens (primary N) is 1. The first-order chi connectivity index (χ1) is 7.91. The number of fused-ring (bicyclic) bond motifs is 1. The number of hydrogen-bond acceptors (Lipinski definition) is 6. The second-order valence-corrected chi connectivity index (χ2v) is 4.34. The zero-order valence-corrected chi connectivity index (χ0v) is 8.98. The Labute approximate surface area is 98.1 Å². The zero-order valence-electron chi connectivity index (χ0n) is 8.16. The van der Waals surface area contributed by atoms with Gasteiger partial charge < -0.3 is 5.73 Å². The number of carbonyl (C=O) groups excluding carboxylic acids is 1. The molecular formula is C8H6FN3O4S. The lowest BCUT2D eigenvalue weighted by Crippen LogP contribution is -2.37. The standard InChI is InChI=1S/C8H6FN3O4S/c9-3-1-4-6(5(2-3)12(15)16)17-8(7(10)13)11(4)14/h1-2,8,14H,(H2,10,13). The Balaban J connectivity index is 2.57. The quantitative estimate of drug-likeness (QED) is 0.601. The van der Waals surface area contributed by atoms with Gasteiger partial charge in [0.25, 0.3) is 11.6 Å². The summed E-state index contributed by atoms with van der Waals surface area (Å²) >= 11 is 0.709. The van der Waals surface area contributed by atoms with Crippen molar-refractivity contribution < 1.29 is 19.3 Å². The van der Waals surface area contributed by atoms with Crippen LogP contribution in [-0.2, 0) is 4.79 Å². The topological polar surface area (TPSA) is 110 Å². The highest BCUT2D eigenvalue weighted by Gasteiger charge is 2.38. The Hall–Kier alpha value is -1.87. The molecule has 0 saturated carbocycles. The molecule has 1 aliphatic heterocycles. The first-order valence-corrected chi connectivity index (χ1v) is 5.22. The molecule has 1 heterocycles. The second-order valence-electron chi connectivity index (χ2n) is 3.25. The van der Waals surface area contributed by atoms with E-state index in [9.17, 15) is 24.5 Å². The molecule has 0 saturated heterocycles. The number of anilines is 1. The summed E-state index contributed by atoms with van der Waals surface area (Å²) in [4.78, 5) is 20.9. The number of hydroxylamine groups is 1. The molecule has 90 valence electrons. The molecule has 0 radical (unpaired) electrons. The summed E-state index contributed by atoms with van der Waals surface area (Å²) in [5.74, 6) is -1.75. The van der Waals surface area contributed by atoms with E-state index < -0.39 is 27.7 Å². The van der Waals surface area contributed by atoms with Crippen LogP contribution in [0.15, 0.2) is 17.0 Å². The van der Waals surface area contributed by atoms with Crippen molar-refractivity contribution in [2.24, 2.45) is 5.73 Å². The van der Waals surface area contributed by atoms with E-state index in [1.165, 1.54) is 0 Å². The lowest BCUT2D eigenvalue weighted by Gasteiger charge is -2.15.